The van der Waals surface area contributed by atoms with Crippen molar-refractivity contribution < 1.29 is 28.8 Å². The van der Waals surface area contributed by atoms with Gasteiger partial charge in [0.05, 0.1) is 23.2 Å². The minimum Gasteiger partial charge on any atom is -0.465 e. The lowest BCUT2D eigenvalue weighted by Gasteiger charge is -2.30. The summed E-state index contributed by atoms with van der Waals surface area (Å²) in [5, 5.41) is 11.0. The number of non-ortho nitro benzene ring substituents is 1. The zero-order valence-corrected chi connectivity index (χ0v) is 14.6. The van der Waals surface area contributed by atoms with Crippen LogP contribution in [0.4, 0.5) is 5.69 Å². The Hall–Kier alpha value is -2.97. The number of piperidine rings is 1. The molecule has 1 unspecified atom stereocenters. The van der Waals surface area contributed by atoms with Crippen molar-refractivity contribution in [3.05, 3.63) is 39.4 Å². The number of benzene rings is 1. The Labute approximate surface area is 150 Å². The number of nitro benzene ring substituents is 1. The first-order valence-corrected chi connectivity index (χ1v) is 8.14. The van der Waals surface area contributed by atoms with E-state index in [1.807, 2.05) is 6.92 Å². The first-order valence-electron chi connectivity index (χ1n) is 8.14. The van der Waals surface area contributed by atoms with Crippen LogP contribution in [0.25, 0.3) is 0 Å². The van der Waals surface area contributed by atoms with Gasteiger partial charge in [0.15, 0.2) is 6.61 Å². The van der Waals surface area contributed by atoms with Gasteiger partial charge in [-0.15, -0.1) is 0 Å². The summed E-state index contributed by atoms with van der Waals surface area (Å²) >= 11 is 0. The number of carbonyl (C=O) groups excluding carboxylic acids is 3. The van der Waals surface area contributed by atoms with E-state index in [0.29, 0.717) is 19.0 Å². The average Bonchev–Trinajstić information content (AvgIpc) is 2.64. The van der Waals surface area contributed by atoms with Gasteiger partial charge in [0.1, 0.15) is 0 Å². The van der Waals surface area contributed by atoms with Crippen molar-refractivity contribution in [1.82, 2.24) is 4.90 Å². The van der Waals surface area contributed by atoms with Gasteiger partial charge in [-0.1, -0.05) is 6.92 Å². The number of likely N-dealkylation sites (tertiary alicyclic amines) is 1. The third kappa shape index (κ3) is 4.78. The number of rotatable bonds is 5. The second-order valence-electron chi connectivity index (χ2n) is 6.18. The molecule has 1 aromatic carbocycles. The second kappa shape index (κ2) is 8.41. The molecule has 1 amide bonds. The Morgan fingerprint density at radius 3 is 2.46 bits per heavy atom. The molecule has 140 valence electrons. The molecular weight excluding hydrogens is 344 g/mol. The van der Waals surface area contributed by atoms with E-state index in [-0.39, 0.29) is 17.0 Å². The molecule has 2 rings (SSSR count). The molecule has 0 saturated carbocycles. The predicted octanol–water partition coefficient (Wildman–Crippen LogP) is 1.80. The molecule has 1 saturated heterocycles. The lowest BCUT2D eigenvalue weighted by Crippen LogP contribution is -2.41. The minimum atomic E-state index is -0.919. The third-order valence-electron chi connectivity index (χ3n) is 4.12. The normalized spacial score (nSPS) is 16.7. The lowest BCUT2D eigenvalue weighted by atomic mass is 10.0. The van der Waals surface area contributed by atoms with Gasteiger partial charge >= 0.3 is 11.9 Å². The van der Waals surface area contributed by atoms with E-state index >= 15 is 0 Å². The molecule has 26 heavy (non-hydrogen) atoms. The van der Waals surface area contributed by atoms with E-state index < -0.39 is 29.2 Å². The molecule has 1 aromatic rings. The highest BCUT2D eigenvalue weighted by molar-refractivity contribution is 5.97. The molecule has 9 heteroatoms. The number of amides is 1. The number of hydrogen-bond donors (Lipinski definition) is 0. The first kappa shape index (κ1) is 19.4. The first-order chi connectivity index (χ1) is 12.3. The molecule has 1 aliphatic heterocycles. The summed E-state index contributed by atoms with van der Waals surface area (Å²) in [7, 11) is 1.12. The van der Waals surface area contributed by atoms with Gasteiger partial charge in [0, 0.05) is 25.2 Å². The van der Waals surface area contributed by atoms with Crippen molar-refractivity contribution in [2.24, 2.45) is 5.92 Å². The Morgan fingerprint density at radius 1 is 1.23 bits per heavy atom. The van der Waals surface area contributed by atoms with Crippen molar-refractivity contribution in [2.45, 2.75) is 19.8 Å². The molecule has 1 aliphatic rings. The van der Waals surface area contributed by atoms with Gasteiger partial charge in [0.2, 0.25) is 0 Å². The summed E-state index contributed by atoms with van der Waals surface area (Å²) in [5.41, 5.74) is -0.791. The summed E-state index contributed by atoms with van der Waals surface area (Å²) < 4.78 is 9.50. The number of hydrogen-bond acceptors (Lipinski definition) is 7. The maximum atomic E-state index is 12.2. The van der Waals surface area contributed by atoms with E-state index in [9.17, 15) is 24.5 Å². The number of nitrogens with zero attached hydrogens (tertiary/aromatic N) is 2. The summed E-state index contributed by atoms with van der Waals surface area (Å²) in [6.07, 6.45) is 1.95. The third-order valence-corrected chi connectivity index (χ3v) is 4.12. The fourth-order valence-electron chi connectivity index (χ4n) is 2.79. The molecule has 1 heterocycles. The van der Waals surface area contributed by atoms with Crippen LogP contribution in [0.1, 0.15) is 40.5 Å². The monoisotopic (exact) mass is 364 g/mol. The number of esters is 2. The van der Waals surface area contributed by atoms with Gasteiger partial charge in [-0.2, -0.15) is 0 Å². The molecule has 0 aromatic heterocycles. The Balaban J connectivity index is 2.08. The molecule has 1 fully saturated rings. The van der Waals surface area contributed by atoms with Gasteiger partial charge in [-0.25, -0.2) is 9.59 Å². The number of ether oxygens (including phenoxy) is 2. The summed E-state index contributed by atoms with van der Waals surface area (Å²) in [5.74, 6) is -1.66. The topological polar surface area (TPSA) is 116 Å². The van der Waals surface area contributed by atoms with Crippen LogP contribution in [0, 0.1) is 16.0 Å². The maximum Gasteiger partial charge on any atom is 0.338 e. The summed E-state index contributed by atoms with van der Waals surface area (Å²) in [4.78, 5) is 47.8. The van der Waals surface area contributed by atoms with Gasteiger partial charge < -0.3 is 14.4 Å². The SMILES string of the molecule is COC(=O)c1cc(C(=O)OCC(=O)N2CCCC(C)C2)cc([N+](=O)[O-])c1. The number of carbonyl (C=O) groups is 3. The van der Waals surface area contributed by atoms with E-state index in [2.05, 4.69) is 4.74 Å². The van der Waals surface area contributed by atoms with Gasteiger partial charge in [-0.3, -0.25) is 14.9 Å². The standard InChI is InChI=1S/C17H20N2O7/c1-11-4-3-5-18(9-11)15(20)10-26-17(22)13-6-12(16(21)25-2)7-14(8-13)19(23)24/h6-8,11H,3-5,9-10H2,1-2H3. The zero-order chi connectivity index (χ0) is 19.3. The second-order valence-corrected chi connectivity index (χ2v) is 6.18. The molecule has 1 atom stereocenters. The smallest absolute Gasteiger partial charge is 0.338 e. The van der Waals surface area contributed by atoms with Crippen LogP contribution in [0.15, 0.2) is 18.2 Å². The van der Waals surface area contributed by atoms with Crippen LogP contribution in [0.2, 0.25) is 0 Å². The molecular formula is C17H20N2O7. The van der Waals surface area contributed by atoms with E-state index in [1.165, 1.54) is 0 Å². The number of methoxy groups -OCH3 is 1. The van der Waals surface area contributed by atoms with Crippen LogP contribution in [-0.2, 0) is 14.3 Å². The van der Waals surface area contributed by atoms with Gasteiger partial charge in [-0.05, 0) is 24.8 Å². The zero-order valence-electron chi connectivity index (χ0n) is 14.6. The molecule has 0 aliphatic carbocycles. The highest BCUT2D eigenvalue weighted by atomic mass is 16.6. The van der Waals surface area contributed by atoms with Crippen LogP contribution < -0.4 is 0 Å². The quantitative estimate of drug-likeness (QED) is 0.444. The highest BCUT2D eigenvalue weighted by Crippen LogP contribution is 2.19. The lowest BCUT2D eigenvalue weighted by molar-refractivity contribution is -0.384. The van der Waals surface area contributed by atoms with Crippen molar-refractivity contribution in [2.75, 3.05) is 26.8 Å². The fourth-order valence-corrected chi connectivity index (χ4v) is 2.79. The van der Waals surface area contributed by atoms with Gasteiger partial charge in [0.25, 0.3) is 11.6 Å². The molecule has 0 spiro atoms. The minimum absolute atomic E-state index is 0.148. The van der Waals surface area contributed by atoms with Crippen LogP contribution in [-0.4, -0.2) is 54.5 Å². The predicted molar refractivity (Wildman–Crippen MR) is 89.7 cm³/mol. The highest BCUT2D eigenvalue weighted by Gasteiger charge is 2.23. The molecule has 0 N–H and O–H groups in total. The average molecular weight is 364 g/mol. The number of nitro groups is 1. The Morgan fingerprint density at radius 2 is 1.88 bits per heavy atom. The maximum absolute atomic E-state index is 12.2. The Bertz CT molecular complexity index is 732. The molecule has 9 nitrogen and oxygen atoms in total. The van der Waals surface area contributed by atoms with E-state index in [1.54, 1.807) is 4.90 Å². The van der Waals surface area contributed by atoms with Crippen LogP contribution in [0.5, 0.6) is 0 Å². The van der Waals surface area contributed by atoms with E-state index in [0.717, 1.165) is 38.2 Å². The molecule has 0 radical (unpaired) electrons. The fraction of sp³-hybridized carbons (Fsp3) is 0.471. The molecule has 0 bridgehead atoms. The summed E-state index contributed by atoms with van der Waals surface area (Å²) in [6, 6.07) is 3.12. The van der Waals surface area contributed by atoms with E-state index in [4.69, 9.17) is 4.74 Å². The van der Waals surface area contributed by atoms with Crippen LogP contribution >= 0.6 is 0 Å². The van der Waals surface area contributed by atoms with Crippen LogP contribution in [0.3, 0.4) is 0 Å². The van der Waals surface area contributed by atoms with Crippen molar-refractivity contribution >= 4 is 23.5 Å². The largest absolute Gasteiger partial charge is 0.465 e. The van der Waals surface area contributed by atoms with Crippen molar-refractivity contribution in [1.29, 1.82) is 0 Å². The Kier molecular flexibility index (Phi) is 6.26. The van der Waals surface area contributed by atoms with Crippen molar-refractivity contribution in [3.63, 3.8) is 0 Å². The summed E-state index contributed by atoms with van der Waals surface area (Å²) in [6.45, 7) is 2.81. The van der Waals surface area contributed by atoms with Crippen molar-refractivity contribution in [3.8, 4) is 0 Å².